The highest BCUT2D eigenvalue weighted by Gasteiger charge is 2.06. The highest BCUT2D eigenvalue weighted by atomic mass is 35.5. The van der Waals surface area contributed by atoms with Crippen LogP contribution in [0.3, 0.4) is 0 Å². The Labute approximate surface area is 88.1 Å². The Morgan fingerprint density at radius 2 is 1.55 bits per heavy atom. The fourth-order valence-electron chi connectivity index (χ4n) is 0.750. The maximum atomic E-state index is 5.93. The average molecular weight is 238 g/mol. The third kappa shape index (κ3) is 9.07. The molecule has 0 spiro atoms. The van der Waals surface area contributed by atoms with E-state index >= 15 is 0 Å². The van der Waals surface area contributed by atoms with Crippen LogP contribution in [0, 0.1) is 0 Å². The standard InChI is InChI=1S/C7H12Cl4/c8-5-1-2-6(9)3-4-7(10)11/h6-7H,1-5H2. The van der Waals surface area contributed by atoms with Crippen LogP contribution < -0.4 is 0 Å². The molecule has 0 aliphatic carbocycles. The van der Waals surface area contributed by atoms with Gasteiger partial charge in [-0.3, -0.25) is 0 Å². The molecule has 0 fully saturated rings. The first kappa shape index (κ1) is 12.2. The maximum Gasteiger partial charge on any atom is 0.107 e. The zero-order valence-electron chi connectivity index (χ0n) is 6.20. The van der Waals surface area contributed by atoms with Gasteiger partial charge < -0.3 is 0 Å². The van der Waals surface area contributed by atoms with Crippen LogP contribution in [-0.4, -0.2) is 16.1 Å². The van der Waals surface area contributed by atoms with Crippen LogP contribution >= 0.6 is 46.4 Å². The molecule has 1 unspecified atom stereocenters. The molecular formula is C7H12Cl4. The molecule has 0 radical (unpaired) electrons. The summed E-state index contributed by atoms with van der Waals surface area (Å²) in [6, 6.07) is 0. The van der Waals surface area contributed by atoms with E-state index < -0.39 is 0 Å². The van der Waals surface area contributed by atoms with Gasteiger partial charge in [0.15, 0.2) is 0 Å². The summed E-state index contributed by atoms with van der Waals surface area (Å²) < 4.78 is 0. The Balaban J connectivity index is 3.15. The predicted octanol–water partition coefficient (Wildman–Crippen LogP) is 4.20. The highest BCUT2D eigenvalue weighted by Crippen LogP contribution is 2.17. The van der Waals surface area contributed by atoms with E-state index in [1.165, 1.54) is 0 Å². The molecule has 0 bridgehead atoms. The van der Waals surface area contributed by atoms with Crippen molar-refractivity contribution in [2.75, 3.05) is 5.88 Å². The second-order valence-corrected chi connectivity index (χ2v) is 4.67. The average Bonchev–Trinajstić information content (AvgIpc) is 1.97. The Bertz CT molecular complexity index is 84.5. The summed E-state index contributed by atoms with van der Waals surface area (Å²) in [6.45, 7) is 0. The molecule has 1 atom stereocenters. The molecule has 0 N–H and O–H groups in total. The Kier molecular flexibility index (Phi) is 8.61. The summed E-state index contributed by atoms with van der Waals surface area (Å²) in [6.07, 6.45) is 3.55. The van der Waals surface area contributed by atoms with E-state index in [0.717, 1.165) is 25.7 Å². The lowest BCUT2D eigenvalue weighted by Gasteiger charge is -2.07. The topological polar surface area (TPSA) is 0 Å². The van der Waals surface area contributed by atoms with Crippen molar-refractivity contribution >= 4 is 46.4 Å². The first-order valence-electron chi connectivity index (χ1n) is 3.65. The van der Waals surface area contributed by atoms with E-state index in [1.54, 1.807) is 0 Å². The highest BCUT2D eigenvalue weighted by molar-refractivity contribution is 6.44. The van der Waals surface area contributed by atoms with Crippen molar-refractivity contribution in [3.8, 4) is 0 Å². The van der Waals surface area contributed by atoms with Crippen LogP contribution in [0.25, 0.3) is 0 Å². The SMILES string of the molecule is ClCCCC(Cl)CCC(Cl)Cl. The molecule has 0 nitrogen and oxygen atoms in total. The van der Waals surface area contributed by atoms with E-state index in [2.05, 4.69) is 0 Å². The first-order chi connectivity index (χ1) is 5.16. The number of hydrogen-bond donors (Lipinski definition) is 0. The first-order valence-corrected chi connectivity index (χ1v) is 5.49. The van der Waals surface area contributed by atoms with Crippen LogP contribution in [0.5, 0.6) is 0 Å². The summed E-state index contributed by atoms with van der Waals surface area (Å²) in [5, 5.41) is 0.175. The summed E-state index contributed by atoms with van der Waals surface area (Å²) in [5.41, 5.74) is 0. The van der Waals surface area contributed by atoms with Gasteiger partial charge in [-0.25, -0.2) is 0 Å². The van der Waals surface area contributed by atoms with Crippen LogP contribution in [0.15, 0.2) is 0 Å². The molecule has 0 aliphatic heterocycles. The van der Waals surface area contributed by atoms with E-state index in [-0.39, 0.29) is 10.2 Å². The van der Waals surface area contributed by atoms with Gasteiger partial charge in [-0.1, -0.05) is 0 Å². The molecule has 0 aliphatic rings. The minimum Gasteiger partial charge on any atom is -0.127 e. The number of alkyl halides is 4. The Morgan fingerprint density at radius 3 is 2.00 bits per heavy atom. The van der Waals surface area contributed by atoms with Crippen molar-refractivity contribution < 1.29 is 0 Å². The van der Waals surface area contributed by atoms with Gasteiger partial charge in [0, 0.05) is 11.3 Å². The molecule has 0 saturated carbocycles. The van der Waals surface area contributed by atoms with E-state index in [1.807, 2.05) is 0 Å². The largest absolute Gasteiger partial charge is 0.127 e. The fourth-order valence-corrected chi connectivity index (χ4v) is 1.44. The van der Waals surface area contributed by atoms with Gasteiger partial charge in [-0.2, -0.15) is 0 Å². The second-order valence-electron chi connectivity index (χ2n) is 2.40. The normalized spacial score (nSPS) is 13.9. The fraction of sp³-hybridized carbons (Fsp3) is 1.00. The van der Waals surface area contributed by atoms with Gasteiger partial charge in [0.2, 0.25) is 0 Å². The van der Waals surface area contributed by atoms with Crippen molar-refractivity contribution in [2.24, 2.45) is 0 Å². The molecule has 0 aromatic rings. The van der Waals surface area contributed by atoms with Gasteiger partial charge in [0.05, 0.1) is 0 Å². The quantitative estimate of drug-likeness (QED) is 0.608. The van der Waals surface area contributed by atoms with Gasteiger partial charge in [-0.15, -0.1) is 46.4 Å². The van der Waals surface area contributed by atoms with E-state index in [9.17, 15) is 0 Å². The number of halogens is 4. The van der Waals surface area contributed by atoms with E-state index in [4.69, 9.17) is 46.4 Å². The van der Waals surface area contributed by atoms with Crippen molar-refractivity contribution in [1.29, 1.82) is 0 Å². The van der Waals surface area contributed by atoms with Crippen molar-refractivity contribution in [1.82, 2.24) is 0 Å². The lowest BCUT2D eigenvalue weighted by molar-refractivity contribution is 0.660. The molecular weight excluding hydrogens is 226 g/mol. The molecule has 68 valence electrons. The predicted molar refractivity (Wildman–Crippen MR) is 54.3 cm³/mol. The zero-order chi connectivity index (χ0) is 8.69. The third-order valence-electron chi connectivity index (χ3n) is 1.35. The van der Waals surface area contributed by atoms with Gasteiger partial charge in [0.25, 0.3) is 0 Å². The maximum absolute atomic E-state index is 5.93. The van der Waals surface area contributed by atoms with Crippen LogP contribution in [0.1, 0.15) is 25.7 Å². The summed E-state index contributed by atoms with van der Waals surface area (Å²) in [7, 11) is 0. The van der Waals surface area contributed by atoms with Crippen molar-refractivity contribution in [3.05, 3.63) is 0 Å². The molecule has 11 heavy (non-hydrogen) atoms. The van der Waals surface area contributed by atoms with Crippen LogP contribution in [0.2, 0.25) is 0 Å². The molecule has 0 rings (SSSR count). The smallest absolute Gasteiger partial charge is 0.107 e. The van der Waals surface area contributed by atoms with Crippen LogP contribution in [0.4, 0.5) is 0 Å². The minimum absolute atomic E-state index is 0.175. The second kappa shape index (κ2) is 7.79. The number of hydrogen-bond acceptors (Lipinski definition) is 0. The van der Waals surface area contributed by atoms with Gasteiger partial charge >= 0.3 is 0 Å². The molecule has 0 amide bonds. The lowest BCUT2D eigenvalue weighted by Crippen LogP contribution is -2.01. The third-order valence-corrected chi connectivity index (χ3v) is 2.49. The summed E-state index contributed by atoms with van der Waals surface area (Å²) in [4.78, 5) is -0.285. The molecule has 0 aromatic carbocycles. The lowest BCUT2D eigenvalue weighted by atomic mass is 10.1. The van der Waals surface area contributed by atoms with Gasteiger partial charge in [-0.05, 0) is 25.7 Å². The van der Waals surface area contributed by atoms with Crippen LogP contribution in [-0.2, 0) is 0 Å². The summed E-state index contributed by atoms with van der Waals surface area (Å²) in [5.74, 6) is 0.675. The zero-order valence-corrected chi connectivity index (χ0v) is 9.23. The summed E-state index contributed by atoms with van der Waals surface area (Å²) >= 11 is 22.5. The Morgan fingerprint density at radius 1 is 0.909 bits per heavy atom. The van der Waals surface area contributed by atoms with Gasteiger partial charge in [0.1, 0.15) is 4.84 Å². The van der Waals surface area contributed by atoms with Crippen molar-refractivity contribution in [2.45, 2.75) is 35.9 Å². The van der Waals surface area contributed by atoms with Crippen molar-refractivity contribution in [3.63, 3.8) is 0 Å². The number of rotatable bonds is 6. The Hall–Kier alpha value is 1.16. The minimum atomic E-state index is -0.285. The molecule has 4 heteroatoms. The van der Waals surface area contributed by atoms with E-state index in [0.29, 0.717) is 5.88 Å². The monoisotopic (exact) mass is 236 g/mol. The molecule has 0 aromatic heterocycles. The molecule has 0 heterocycles. The molecule has 0 saturated heterocycles.